The Balaban J connectivity index is 2.28. The van der Waals surface area contributed by atoms with E-state index in [1.54, 1.807) is 0 Å². The van der Waals surface area contributed by atoms with Crippen molar-refractivity contribution >= 4 is 39.6 Å². The van der Waals surface area contributed by atoms with E-state index < -0.39 is 16.4 Å². The summed E-state index contributed by atoms with van der Waals surface area (Å²) >= 11 is 10.9. The summed E-state index contributed by atoms with van der Waals surface area (Å²) in [6.45, 7) is 1.83. The van der Waals surface area contributed by atoms with E-state index in [-0.39, 0.29) is 22.7 Å². The van der Waals surface area contributed by atoms with E-state index in [4.69, 9.17) is 23.2 Å². The van der Waals surface area contributed by atoms with E-state index in [0.29, 0.717) is 0 Å². The van der Waals surface area contributed by atoms with Crippen LogP contribution in [0, 0.1) is 0 Å². The van der Waals surface area contributed by atoms with Crippen LogP contribution in [-0.4, -0.2) is 16.4 Å². The molecule has 6 heteroatoms. The maximum Gasteiger partial charge on any atom is 0.252 e. The molecule has 0 spiro atoms. The van der Waals surface area contributed by atoms with Crippen LogP contribution in [0.4, 0.5) is 0 Å². The molecule has 0 bridgehead atoms. The number of hydrogen-bond acceptors (Lipinski definition) is 3. The Morgan fingerprint density at radius 2 is 1.35 bits per heavy atom. The Kier molecular flexibility index (Phi) is 5.53. The second-order valence-electron chi connectivity index (χ2n) is 4.95. The highest BCUT2D eigenvalue weighted by molar-refractivity contribution is 6.69. The number of carbonyl (C=O) groups is 3. The number of amides is 1. The summed E-state index contributed by atoms with van der Waals surface area (Å²) < 4.78 is 0. The van der Waals surface area contributed by atoms with Crippen LogP contribution in [0.1, 0.15) is 49.6 Å². The van der Waals surface area contributed by atoms with E-state index in [2.05, 4.69) is 5.32 Å². The molecule has 1 atom stereocenters. The van der Waals surface area contributed by atoms with E-state index in [0.717, 1.165) is 5.56 Å². The Labute approximate surface area is 143 Å². The van der Waals surface area contributed by atoms with Crippen molar-refractivity contribution in [3.63, 3.8) is 0 Å². The molecule has 0 aliphatic heterocycles. The van der Waals surface area contributed by atoms with Crippen molar-refractivity contribution in [2.75, 3.05) is 0 Å². The van der Waals surface area contributed by atoms with Gasteiger partial charge in [0.25, 0.3) is 16.4 Å². The molecule has 1 N–H and O–H groups in total. The topological polar surface area (TPSA) is 63.2 Å². The number of nitrogens with one attached hydrogen (secondary N) is 1. The van der Waals surface area contributed by atoms with E-state index >= 15 is 0 Å². The summed E-state index contributed by atoms with van der Waals surface area (Å²) in [5, 5.41) is 1.26. The number of rotatable bonds is 5. The third-order valence-electron chi connectivity index (χ3n) is 3.30. The maximum atomic E-state index is 12.4. The molecule has 0 heterocycles. The van der Waals surface area contributed by atoms with Crippen molar-refractivity contribution in [1.82, 2.24) is 5.32 Å². The minimum absolute atomic E-state index is 0.0377. The lowest BCUT2D eigenvalue weighted by molar-refractivity contribution is 0.0940. The molecule has 118 valence electrons. The van der Waals surface area contributed by atoms with Crippen molar-refractivity contribution in [2.24, 2.45) is 0 Å². The molecular formula is C17H13Cl2NO3. The van der Waals surface area contributed by atoms with Gasteiger partial charge in [0.2, 0.25) is 0 Å². The average Bonchev–Trinajstić information content (AvgIpc) is 2.55. The van der Waals surface area contributed by atoms with Crippen molar-refractivity contribution in [1.29, 1.82) is 0 Å². The van der Waals surface area contributed by atoms with Crippen LogP contribution in [0.25, 0.3) is 0 Å². The molecule has 23 heavy (non-hydrogen) atoms. The van der Waals surface area contributed by atoms with Gasteiger partial charge in [0.15, 0.2) is 0 Å². The largest absolute Gasteiger partial charge is 0.346 e. The lowest BCUT2D eigenvalue weighted by Crippen LogP contribution is -2.27. The molecule has 2 rings (SSSR count). The second kappa shape index (κ2) is 7.40. The SMILES string of the molecule is CC(NC(=O)c1cc(C(=O)Cl)cc(C(=O)Cl)c1)c1ccccc1. The predicted molar refractivity (Wildman–Crippen MR) is 89.1 cm³/mol. The fraction of sp³-hybridized carbons (Fsp3) is 0.118. The van der Waals surface area contributed by atoms with Gasteiger partial charge in [0.05, 0.1) is 6.04 Å². The number of carbonyl (C=O) groups excluding carboxylic acids is 3. The quantitative estimate of drug-likeness (QED) is 0.831. The average molecular weight is 350 g/mol. The highest BCUT2D eigenvalue weighted by Gasteiger charge is 2.16. The van der Waals surface area contributed by atoms with Gasteiger partial charge in [-0.25, -0.2) is 0 Å². The molecule has 0 fully saturated rings. The van der Waals surface area contributed by atoms with Gasteiger partial charge in [-0.15, -0.1) is 0 Å². The zero-order valence-corrected chi connectivity index (χ0v) is 13.7. The number of halogens is 2. The highest BCUT2D eigenvalue weighted by atomic mass is 35.5. The summed E-state index contributed by atoms with van der Waals surface area (Å²) in [7, 11) is 0. The van der Waals surface area contributed by atoms with Crippen LogP contribution in [0.15, 0.2) is 48.5 Å². The summed E-state index contributed by atoms with van der Waals surface area (Å²) in [6, 6.07) is 13.1. The first-order valence-electron chi connectivity index (χ1n) is 6.79. The van der Waals surface area contributed by atoms with Crippen LogP contribution < -0.4 is 5.32 Å². The van der Waals surface area contributed by atoms with Crippen LogP contribution in [0.5, 0.6) is 0 Å². The van der Waals surface area contributed by atoms with Crippen molar-refractivity contribution in [2.45, 2.75) is 13.0 Å². The highest BCUT2D eigenvalue weighted by Crippen LogP contribution is 2.17. The van der Waals surface area contributed by atoms with Gasteiger partial charge in [-0.2, -0.15) is 0 Å². The maximum absolute atomic E-state index is 12.4. The molecule has 1 unspecified atom stereocenters. The summed E-state index contributed by atoms with van der Waals surface area (Å²) in [6.07, 6.45) is 0. The van der Waals surface area contributed by atoms with Crippen LogP contribution in [0.3, 0.4) is 0 Å². The Morgan fingerprint density at radius 3 is 1.83 bits per heavy atom. The Bertz CT molecular complexity index is 727. The number of benzene rings is 2. The molecule has 4 nitrogen and oxygen atoms in total. The zero-order valence-electron chi connectivity index (χ0n) is 12.2. The first-order chi connectivity index (χ1) is 10.9. The number of hydrogen-bond donors (Lipinski definition) is 1. The molecule has 2 aromatic carbocycles. The van der Waals surface area contributed by atoms with Gasteiger partial charge in [-0.1, -0.05) is 30.3 Å². The van der Waals surface area contributed by atoms with Gasteiger partial charge in [0, 0.05) is 16.7 Å². The second-order valence-corrected chi connectivity index (χ2v) is 5.64. The molecule has 1 amide bonds. The summed E-state index contributed by atoms with van der Waals surface area (Å²) in [4.78, 5) is 35.0. The third-order valence-corrected chi connectivity index (χ3v) is 3.73. The molecular weight excluding hydrogens is 337 g/mol. The molecule has 0 aliphatic rings. The van der Waals surface area contributed by atoms with Gasteiger partial charge >= 0.3 is 0 Å². The molecule has 0 radical (unpaired) electrons. The predicted octanol–water partition coefficient (Wildman–Crippen LogP) is 3.94. The van der Waals surface area contributed by atoms with Gasteiger partial charge in [0.1, 0.15) is 0 Å². The van der Waals surface area contributed by atoms with Crippen molar-refractivity contribution in [3.8, 4) is 0 Å². The van der Waals surface area contributed by atoms with Crippen molar-refractivity contribution < 1.29 is 14.4 Å². The standard InChI is InChI=1S/C17H13Cl2NO3/c1-10(11-5-3-2-4-6-11)20-17(23)14-8-12(15(18)21)7-13(9-14)16(19)22/h2-10H,1H3,(H,20,23). The summed E-state index contributed by atoms with van der Waals surface area (Å²) in [5.74, 6) is -0.430. The normalized spacial score (nSPS) is 11.6. The fourth-order valence-electron chi connectivity index (χ4n) is 2.09. The van der Waals surface area contributed by atoms with Crippen LogP contribution >= 0.6 is 23.2 Å². The first kappa shape index (κ1) is 17.2. The van der Waals surface area contributed by atoms with E-state index in [1.165, 1.54) is 18.2 Å². The minimum Gasteiger partial charge on any atom is -0.346 e. The lowest BCUT2D eigenvalue weighted by Gasteiger charge is -2.15. The van der Waals surface area contributed by atoms with Gasteiger partial charge in [-0.3, -0.25) is 14.4 Å². The first-order valence-corrected chi connectivity index (χ1v) is 7.54. The van der Waals surface area contributed by atoms with E-state index in [1.807, 2.05) is 37.3 Å². The third kappa shape index (κ3) is 4.41. The van der Waals surface area contributed by atoms with Gasteiger partial charge < -0.3 is 5.32 Å². The van der Waals surface area contributed by atoms with E-state index in [9.17, 15) is 14.4 Å². The molecule has 0 aromatic heterocycles. The van der Waals surface area contributed by atoms with Crippen LogP contribution in [-0.2, 0) is 0 Å². The monoisotopic (exact) mass is 349 g/mol. The summed E-state index contributed by atoms with van der Waals surface area (Å²) in [5.41, 5.74) is 1.15. The fourth-order valence-corrected chi connectivity index (χ4v) is 2.31. The molecule has 2 aromatic rings. The minimum atomic E-state index is -0.769. The van der Waals surface area contributed by atoms with Gasteiger partial charge in [-0.05, 0) is 53.9 Å². The lowest BCUT2D eigenvalue weighted by atomic mass is 10.0. The Morgan fingerprint density at radius 1 is 0.870 bits per heavy atom. The van der Waals surface area contributed by atoms with Crippen LogP contribution in [0.2, 0.25) is 0 Å². The Hall–Kier alpha value is -2.17. The molecule has 0 aliphatic carbocycles. The molecule has 0 saturated heterocycles. The smallest absolute Gasteiger partial charge is 0.252 e. The zero-order chi connectivity index (χ0) is 17.0. The van der Waals surface area contributed by atoms with Crippen molar-refractivity contribution in [3.05, 3.63) is 70.8 Å². The molecule has 0 saturated carbocycles.